The van der Waals surface area contributed by atoms with Gasteiger partial charge >= 0.3 is 11.6 Å². The number of esters is 1. The maximum atomic E-state index is 12.4. The summed E-state index contributed by atoms with van der Waals surface area (Å²) in [6.07, 6.45) is 3.04. The Hall–Kier alpha value is -3.84. The number of halogens is 1. The third kappa shape index (κ3) is 5.05. The molecular weight excluding hydrogens is 456 g/mol. The van der Waals surface area contributed by atoms with Crippen molar-refractivity contribution in [2.24, 2.45) is 0 Å². The average Bonchev–Trinajstić information content (AvgIpc) is 3.09. The van der Waals surface area contributed by atoms with Gasteiger partial charge in [0, 0.05) is 45.4 Å². The number of methoxy groups -OCH3 is 1. The molecule has 0 atom stereocenters. The Morgan fingerprint density at radius 3 is 2.71 bits per heavy atom. The highest BCUT2D eigenvalue weighted by Gasteiger charge is 2.12. The van der Waals surface area contributed by atoms with Crippen molar-refractivity contribution in [1.82, 2.24) is 9.78 Å². The monoisotopic (exact) mass is 478 g/mol. The molecule has 8 heteroatoms. The molecule has 2 aromatic carbocycles. The summed E-state index contributed by atoms with van der Waals surface area (Å²) in [6, 6.07) is 14.1. The minimum absolute atomic E-state index is 0.0681. The highest BCUT2D eigenvalue weighted by Crippen LogP contribution is 2.23. The van der Waals surface area contributed by atoms with Gasteiger partial charge in [-0.25, -0.2) is 9.59 Å². The molecule has 0 saturated carbocycles. The molecule has 2 heterocycles. The maximum Gasteiger partial charge on any atom is 0.336 e. The molecule has 0 bridgehead atoms. The average molecular weight is 479 g/mol. The van der Waals surface area contributed by atoms with Gasteiger partial charge in [0.25, 0.3) is 0 Å². The predicted octanol–water partition coefficient (Wildman–Crippen LogP) is 5.07. The lowest BCUT2D eigenvalue weighted by Crippen LogP contribution is -2.06. The number of aromatic nitrogens is 2. The number of fused-ring (bicyclic) bond motifs is 1. The van der Waals surface area contributed by atoms with Crippen LogP contribution in [0.1, 0.15) is 28.1 Å². The molecule has 0 saturated heterocycles. The van der Waals surface area contributed by atoms with Crippen LogP contribution < -0.4 is 10.4 Å². The van der Waals surface area contributed by atoms with E-state index in [4.69, 9.17) is 25.5 Å². The Balaban J connectivity index is 1.47. The number of nitrogens with zero attached hydrogens (tertiary/aromatic N) is 2. The fraction of sp³-hybridized carbons (Fsp3) is 0.192. The van der Waals surface area contributed by atoms with Crippen molar-refractivity contribution < 1.29 is 18.7 Å². The number of carbonyl (C=O) groups is 1. The van der Waals surface area contributed by atoms with Crippen LogP contribution in [-0.4, -0.2) is 22.9 Å². The minimum Gasteiger partial charge on any atom is -0.497 e. The van der Waals surface area contributed by atoms with E-state index in [1.165, 1.54) is 19.3 Å². The van der Waals surface area contributed by atoms with Gasteiger partial charge in [0.2, 0.25) is 0 Å². The molecule has 0 aliphatic heterocycles. The highest BCUT2D eigenvalue weighted by atomic mass is 35.5. The second-order valence-electron chi connectivity index (χ2n) is 7.73. The van der Waals surface area contributed by atoms with Crippen LogP contribution in [0.5, 0.6) is 5.75 Å². The van der Waals surface area contributed by atoms with Crippen LogP contribution in [0.15, 0.2) is 63.8 Å². The SMILES string of the molecule is COc1ccc2c(COC(=O)/C=C/c3c(C)nn(Cc4ccccc4Cl)c3C)cc(=O)oc2c1. The molecule has 34 heavy (non-hydrogen) atoms. The first-order valence-corrected chi connectivity index (χ1v) is 11.0. The second kappa shape index (κ2) is 9.97. The molecule has 7 nitrogen and oxygen atoms in total. The Morgan fingerprint density at radius 2 is 1.94 bits per heavy atom. The summed E-state index contributed by atoms with van der Waals surface area (Å²) < 4.78 is 17.6. The number of carbonyl (C=O) groups excluding carboxylic acids is 1. The normalized spacial score (nSPS) is 11.3. The zero-order valence-electron chi connectivity index (χ0n) is 19.0. The quantitative estimate of drug-likeness (QED) is 0.209. The zero-order valence-corrected chi connectivity index (χ0v) is 19.8. The van der Waals surface area contributed by atoms with Crippen LogP contribution in [0.3, 0.4) is 0 Å². The summed E-state index contributed by atoms with van der Waals surface area (Å²) in [5.41, 5.74) is 3.88. The van der Waals surface area contributed by atoms with Crippen molar-refractivity contribution in [1.29, 1.82) is 0 Å². The third-order valence-electron chi connectivity index (χ3n) is 5.51. The summed E-state index contributed by atoms with van der Waals surface area (Å²) in [5.74, 6) is 0.0288. The molecule has 174 valence electrons. The molecule has 0 fully saturated rings. The topological polar surface area (TPSA) is 83.6 Å². The molecule has 4 aromatic rings. The van der Waals surface area contributed by atoms with Crippen LogP contribution in [0.25, 0.3) is 17.0 Å². The summed E-state index contributed by atoms with van der Waals surface area (Å²) in [6.45, 7) is 4.27. The first kappa shape index (κ1) is 23.3. The fourth-order valence-electron chi connectivity index (χ4n) is 3.70. The lowest BCUT2D eigenvalue weighted by Gasteiger charge is -2.07. The van der Waals surface area contributed by atoms with Crippen LogP contribution in [0.2, 0.25) is 5.02 Å². The number of aryl methyl sites for hydroxylation is 1. The van der Waals surface area contributed by atoms with Gasteiger partial charge < -0.3 is 13.9 Å². The minimum atomic E-state index is -0.535. The smallest absolute Gasteiger partial charge is 0.336 e. The van der Waals surface area contributed by atoms with E-state index in [2.05, 4.69) is 5.10 Å². The highest BCUT2D eigenvalue weighted by molar-refractivity contribution is 6.31. The Bertz CT molecular complexity index is 1450. The van der Waals surface area contributed by atoms with Crippen molar-refractivity contribution in [3.8, 4) is 5.75 Å². The Morgan fingerprint density at radius 1 is 1.15 bits per heavy atom. The van der Waals surface area contributed by atoms with E-state index >= 15 is 0 Å². The zero-order chi connectivity index (χ0) is 24.2. The van der Waals surface area contributed by atoms with Crippen molar-refractivity contribution >= 4 is 34.6 Å². The summed E-state index contributed by atoms with van der Waals surface area (Å²) in [4.78, 5) is 24.3. The van der Waals surface area contributed by atoms with E-state index in [9.17, 15) is 9.59 Å². The first-order valence-electron chi connectivity index (χ1n) is 10.6. The molecule has 0 radical (unpaired) electrons. The molecule has 0 aliphatic rings. The van der Waals surface area contributed by atoms with Gasteiger partial charge in [-0.3, -0.25) is 4.68 Å². The van der Waals surface area contributed by atoms with Crippen molar-refractivity contribution in [2.75, 3.05) is 7.11 Å². The maximum absolute atomic E-state index is 12.4. The van der Waals surface area contributed by atoms with Crippen molar-refractivity contribution in [3.05, 3.63) is 98.1 Å². The van der Waals surface area contributed by atoms with Gasteiger partial charge in [0.05, 0.1) is 19.3 Å². The molecular formula is C26H23ClN2O5. The second-order valence-corrected chi connectivity index (χ2v) is 8.13. The van der Waals surface area contributed by atoms with Crippen LogP contribution in [0.4, 0.5) is 0 Å². The lowest BCUT2D eigenvalue weighted by molar-refractivity contribution is -0.138. The standard InChI is InChI=1S/C26H23ClN2O5/c1-16-21(17(2)29(28-16)14-18-6-4-5-7-23(18)27)10-11-25(30)33-15-19-12-26(31)34-24-13-20(32-3)8-9-22(19)24/h4-13H,14-15H2,1-3H3/b11-10+. The van der Waals surface area contributed by atoms with Gasteiger partial charge in [0.15, 0.2) is 0 Å². The summed E-state index contributed by atoms with van der Waals surface area (Å²) in [5, 5.41) is 5.92. The fourth-order valence-corrected chi connectivity index (χ4v) is 3.89. The van der Waals surface area contributed by atoms with Gasteiger partial charge in [-0.15, -0.1) is 0 Å². The van der Waals surface area contributed by atoms with E-state index in [1.54, 1.807) is 24.3 Å². The van der Waals surface area contributed by atoms with E-state index in [0.717, 1.165) is 22.5 Å². The van der Waals surface area contributed by atoms with E-state index in [-0.39, 0.29) is 6.61 Å². The molecule has 0 N–H and O–H groups in total. The van der Waals surface area contributed by atoms with Crippen molar-refractivity contribution in [2.45, 2.75) is 27.0 Å². The molecule has 0 spiro atoms. The van der Waals surface area contributed by atoms with Crippen molar-refractivity contribution in [3.63, 3.8) is 0 Å². The number of hydrogen-bond donors (Lipinski definition) is 0. The largest absolute Gasteiger partial charge is 0.497 e. The van der Waals surface area contributed by atoms with Gasteiger partial charge in [-0.05, 0) is 43.7 Å². The Labute approximate surface area is 201 Å². The third-order valence-corrected chi connectivity index (χ3v) is 5.88. The summed E-state index contributed by atoms with van der Waals surface area (Å²) in [7, 11) is 1.53. The van der Waals surface area contributed by atoms with Crippen LogP contribution in [-0.2, 0) is 22.7 Å². The molecule has 0 amide bonds. The van der Waals surface area contributed by atoms with Gasteiger partial charge in [-0.1, -0.05) is 29.8 Å². The van der Waals surface area contributed by atoms with E-state index < -0.39 is 11.6 Å². The van der Waals surface area contributed by atoms with Gasteiger partial charge in [-0.2, -0.15) is 5.10 Å². The number of ether oxygens (including phenoxy) is 2. The molecule has 2 aromatic heterocycles. The van der Waals surface area contributed by atoms with E-state index in [0.29, 0.717) is 33.8 Å². The lowest BCUT2D eigenvalue weighted by atomic mass is 10.1. The van der Waals surface area contributed by atoms with Crippen LogP contribution >= 0.6 is 11.6 Å². The number of hydrogen-bond acceptors (Lipinski definition) is 6. The Kier molecular flexibility index (Phi) is 6.84. The summed E-state index contributed by atoms with van der Waals surface area (Å²) >= 11 is 6.27. The van der Waals surface area contributed by atoms with Crippen LogP contribution in [0, 0.1) is 13.8 Å². The molecule has 0 unspecified atom stereocenters. The predicted molar refractivity (Wildman–Crippen MR) is 130 cm³/mol. The number of rotatable bonds is 7. The number of benzene rings is 2. The molecule has 4 rings (SSSR count). The first-order chi connectivity index (χ1) is 16.4. The van der Waals surface area contributed by atoms with E-state index in [1.807, 2.05) is 42.8 Å². The molecule has 0 aliphatic carbocycles. The van der Waals surface area contributed by atoms with Gasteiger partial charge in [0.1, 0.15) is 17.9 Å².